The minimum absolute atomic E-state index is 0.257. The van der Waals surface area contributed by atoms with E-state index in [-0.39, 0.29) is 6.04 Å². The van der Waals surface area contributed by atoms with Crippen molar-refractivity contribution in [3.63, 3.8) is 0 Å². The van der Waals surface area contributed by atoms with E-state index in [1.807, 2.05) is 28.9 Å². The fraction of sp³-hybridized carbons (Fsp3) is 0.423. The van der Waals surface area contributed by atoms with Gasteiger partial charge in [-0.2, -0.15) is 10.4 Å². The molecule has 0 amide bonds. The Bertz CT molecular complexity index is 1320. The van der Waals surface area contributed by atoms with E-state index < -0.39 is 0 Å². The third-order valence-electron chi connectivity index (χ3n) is 6.43. The molecular weight excluding hydrogens is 442 g/mol. The van der Waals surface area contributed by atoms with Crippen molar-refractivity contribution in [2.45, 2.75) is 64.8 Å². The average molecular weight is 472 g/mol. The number of rotatable bonds is 7. The zero-order chi connectivity index (χ0) is 23.5. The molecule has 4 aromatic rings. The van der Waals surface area contributed by atoms with Crippen LogP contribution in [-0.2, 0) is 6.42 Å². The number of anilines is 1. The van der Waals surface area contributed by atoms with Gasteiger partial charge in [-0.15, -0.1) is 10.2 Å². The van der Waals surface area contributed by atoms with Gasteiger partial charge >= 0.3 is 0 Å². The van der Waals surface area contributed by atoms with Gasteiger partial charge in [0.2, 0.25) is 0 Å². The monoisotopic (exact) mass is 471 g/mol. The van der Waals surface area contributed by atoms with Crippen molar-refractivity contribution in [1.29, 1.82) is 5.26 Å². The van der Waals surface area contributed by atoms with Crippen molar-refractivity contribution in [2.24, 2.45) is 5.92 Å². The molecule has 34 heavy (non-hydrogen) atoms. The van der Waals surface area contributed by atoms with Crippen LogP contribution in [-0.4, -0.2) is 30.8 Å². The summed E-state index contributed by atoms with van der Waals surface area (Å²) in [5.74, 6) is 0.843. The highest BCUT2D eigenvalue weighted by molar-refractivity contribution is 7.14. The van der Waals surface area contributed by atoms with Crippen LogP contribution in [0.3, 0.4) is 0 Å². The lowest BCUT2D eigenvalue weighted by molar-refractivity contribution is 0.339. The van der Waals surface area contributed by atoms with Crippen molar-refractivity contribution in [2.75, 3.05) is 5.32 Å². The molecule has 1 aliphatic rings. The molecule has 1 saturated carbocycles. The number of fused-ring (bicyclic) bond motifs is 1. The molecule has 0 unspecified atom stereocenters. The molecule has 0 bridgehead atoms. The van der Waals surface area contributed by atoms with Crippen LogP contribution in [0.2, 0.25) is 0 Å². The quantitative estimate of drug-likeness (QED) is 0.349. The third kappa shape index (κ3) is 4.80. The van der Waals surface area contributed by atoms with Crippen molar-refractivity contribution in [3.8, 4) is 28.0 Å². The molecule has 174 valence electrons. The molecule has 0 saturated heterocycles. The summed E-state index contributed by atoms with van der Waals surface area (Å²) in [4.78, 5) is 4.76. The Hall–Kier alpha value is -3.31. The van der Waals surface area contributed by atoms with Crippen molar-refractivity contribution in [3.05, 3.63) is 47.2 Å². The molecule has 8 heteroatoms. The van der Waals surface area contributed by atoms with Gasteiger partial charge in [-0.3, -0.25) is 4.98 Å². The van der Waals surface area contributed by atoms with E-state index in [0.717, 1.165) is 50.5 Å². The zero-order valence-corrected chi connectivity index (χ0v) is 20.5. The number of nitrogens with zero attached hydrogens (tertiary/aromatic N) is 6. The van der Waals surface area contributed by atoms with Gasteiger partial charge in [0, 0.05) is 24.3 Å². The molecule has 1 fully saturated rings. The Morgan fingerprint density at radius 1 is 1.15 bits per heavy atom. The molecule has 1 N–H and O–H groups in total. The number of nitriles is 1. The summed E-state index contributed by atoms with van der Waals surface area (Å²) in [5, 5.41) is 28.2. The van der Waals surface area contributed by atoms with Gasteiger partial charge in [-0.25, -0.2) is 4.52 Å². The van der Waals surface area contributed by atoms with Gasteiger partial charge in [0.15, 0.2) is 5.01 Å². The van der Waals surface area contributed by atoms with E-state index in [4.69, 9.17) is 10.2 Å². The minimum Gasteiger partial charge on any atom is -0.382 e. The van der Waals surface area contributed by atoms with E-state index in [1.54, 1.807) is 17.5 Å². The number of aromatic nitrogens is 5. The first-order chi connectivity index (χ1) is 16.6. The van der Waals surface area contributed by atoms with Crippen LogP contribution >= 0.6 is 11.3 Å². The summed E-state index contributed by atoms with van der Waals surface area (Å²) in [7, 11) is 0. The second-order valence-electron chi connectivity index (χ2n) is 9.37. The number of hydrogen-bond acceptors (Lipinski definition) is 7. The second kappa shape index (κ2) is 9.90. The predicted molar refractivity (Wildman–Crippen MR) is 136 cm³/mol. The lowest BCUT2D eigenvalue weighted by Crippen LogP contribution is -2.11. The maximum atomic E-state index is 9.15. The van der Waals surface area contributed by atoms with Crippen LogP contribution in [0.15, 0.2) is 36.7 Å². The Labute approximate surface area is 203 Å². The first kappa shape index (κ1) is 22.5. The van der Waals surface area contributed by atoms with Crippen molar-refractivity contribution < 1.29 is 0 Å². The van der Waals surface area contributed by atoms with Crippen LogP contribution in [0.25, 0.3) is 27.5 Å². The molecule has 1 aliphatic carbocycles. The maximum Gasteiger partial charge on any atom is 0.151 e. The Morgan fingerprint density at radius 2 is 2.00 bits per heavy atom. The standard InChI is InChI=1S/C26H29N7S/c1-17(2)30-22-13-23(24-10-9-20-12-19(14-27)15-29-33(20)24)28-16-21(22)26-32-31-25(34-26)11-8-18-6-4-3-5-7-18/h9-10,12-13,15-18H,3-8,11H2,1-2H3,(H,28,30). The lowest BCUT2D eigenvalue weighted by Gasteiger charge is -2.20. The molecule has 0 spiro atoms. The van der Waals surface area contributed by atoms with Gasteiger partial charge < -0.3 is 5.32 Å². The number of pyridine rings is 1. The largest absolute Gasteiger partial charge is 0.382 e. The molecule has 0 aromatic carbocycles. The topological polar surface area (TPSA) is 91.8 Å². The van der Waals surface area contributed by atoms with Crippen LogP contribution < -0.4 is 5.32 Å². The summed E-state index contributed by atoms with van der Waals surface area (Å²) >= 11 is 1.68. The molecule has 7 nitrogen and oxygen atoms in total. The molecular formula is C26H29N7S. The lowest BCUT2D eigenvalue weighted by atomic mass is 9.86. The first-order valence-electron chi connectivity index (χ1n) is 12.1. The maximum absolute atomic E-state index is 9.15. The molecule has 0 atom stereocenters. The zero-order valence-electron chi connectivity index (χ0n) is 19.7. The third-order valence-corrected chi connectivity index (χ3v) is 7.44. The van der Waals surface area contributed by atoms with E-state index in [1.165, 1.54) is 38.5 Å². The Morgan fingerprint density at radius 3 is 2.79 bits per heavy atom. The van der Waals surface area contributed by atoms with E-state index in [2.05, 4.69) is 46.6 Å². The van der Waals surface area contributed by atoms with E-state index in [9.17, 15) is 0 Å². The highest BCUT2D eigenvalue weighted by Crippen LogP contribution is 2.35. The minimum atomic E-state index is 0.257. The highest BCUT2D eigenvalue weighted by atomic mass is 32.1. The van der Waals surface area contributed by atoms with Crippen LogP contribution in [0.4, 0.5) is 5.69 Å². The first-order valence-corrected chi connectivity index (χ1v) is 12.9. The highest BCUT2D eigenvalue weighted by Gasteiger charge is 2.18. The van der Waals surface area contributed by atoms with Gasteiger partial charge in [-0.05, 0) is 50.5 Å². The van der Waals surface area contributed by atoms with E-state index >= 15 is 0 Å². The van der Waals surface area contributed by atoms with Crippen LogP contribution in [0, 0.1) is 17.2 Å². The predicted octanol–water partition coefficient (Wildman–Crippen LogP) is 6.12. The average Bonchev–Trinajstić information content (AvgIpc) is 3.50. The summed E-state index contributed by atoms with van der Waals surface area (Å²) < 4.78 is 1.82. The van der Waals surface area contributed by atoms with Gasteiger partial charge in [-0.1, -0.05) is 43.4 Å². The van der Waals surface area contributed by atoms with Gasteiger partial charge in [0.1, 0.15) is 11.1 Å². The summed E-state index contributed by atoms with van der Waals surface area (Å²) in [6.45, 7) is 4.24. The molecule has 0 aliphatic heterocycles. The fourth-order valence-electron chi connectivity index (χ4n) is 4.72. The van der Waals surface area contributed by atoms with Crippen LogP contribution in [0.1, 0.15) is 62.9 Å². The second-order valence-corrected chi connectivity index (χ2v) is 10.4. The SMILES string of the molecule is CC(C)Nc1cc(-c2ccc3cc(C#N)cnn23)ncc1-c1nnc(CCC2CCCCC2)s1. The van der Waals surface area contributed by atoms with E-state index in [0.29, 0.717) is 5.56 Å². The molecule has 4 aromatic heterocycles. The molecule has 4 heterocycles. The normalized spacial score (nSPS) is 14.5. The van der Waals surface area contributed by atoms with Crippen molar-refractivity contribution in [1.82, 2.24) is 24.8 Å². The molecule has 0 radical (unpaired) electrons. The van der Waals surface area contributed by atoms with Crippen molar-refractivity contribution >= 4 is 22.5 Å². The van der Waals surface area contributed by atoms with Gasteiger partial charge in [0.05, 0.1) is 34.2 Å². The Balaban J connectivity index is 1.42. The van der Waals surface area contributed by atoms with Gasteiger partial charge in [0.25, 0.3) is 0 Å². The summed E-state index contributed by atoms with van der Waals surface area (Å²) in [6.07, 6.45) is 12.5. The fourth-order valence-corrected chi connectivity index (χ4v) is 5.60. The smallest absolute Gasteiger partial charge is 0.151 e. The number of aryl methyl sites for hydroxylation is 1. The summed E-state index contributed by atoms with van der Waals surface area (Å²) in [5.41, 5.74) is 5.05. The Kier molecular flexibility index (Phi) is 6.54. The number of nitrogens with one attached hydrogen (secondary N) is 1. The van der Waals surface area contributed by atoms with Crippen LogP contribution in [0.5, 0.6) is 0 Å². The number of hydrogen-bond donors (Lipinski definition) is 1. The molecule has 5 rings (SSSR count). The summed E-state index contributed by atoms with van der Waals surface area (Å²) in [6, 6.07) is 10.2.